The Balaban J connectivity index is 2.19. The van der Waals surface area contributed by atoms with Crippen LogP contribution in [0.4, 0.5) is 0 Å². The largest absolute Gasteiger partial charge is 0.490 e. The van der Waals surface area contributed by atoms with Crippen LogP contribution in [-0.2, 0) is 11.9 Å². The lowest BCUT2D eigenvalue weighted by Gasteiger charge is -2.15. The molecule has 5 heteroatoms. The van der Waals surface area contributed by atoms with Crippen molar-refractivity contribution in [2.75, 3.05) is 6.61 Å². The van der Waals surface area contributed by atoms with Crippen LogP contribution in [-0.4, -0.2) is 6.61 Å². The second kappa shape index (κ2) is 8.39. The minimum Gasteiger partial charge on any atom is -0.490 e. The van der Waals surface area contributed by atoms with E-state index in [1.54, 1.807) is 0 Å². The Kier molecular flexibility index (Phi) is 6.82. The molecule has 0 aromatic heterocycles. The summed E-state index contributed by atoms with van der Waals surface area (Å²) in [6, 6.07) is 12.3. The molecule has 0 spiro atoms. The van der Waals surface area contributed by atoms with E-state index < -0.39 is 0 Å². The standard InChI is InChI=1S/C16H15Br2IO2/c1-2-20-15-8-12(9-17)7-14(18)16(15)21-10-11-3-5-13(19)6-4-11/h3-8H,2,9-10H2,1H3. The van der Waals surface area contributed by atoms with E-state index in [1.165, 1.54) is 3.57 Å². The number of hydrogen-bond acceptors (Lipinski definition) is 2. The van der Waals surface area contributed by atoms with Crippen molar-refractivity contribution in [1.29, 1.82) is 0 Å². The van der Waals surface area contributed by atoms with E-state index in [2.05, 4.69) is 78.7 Å². The fraction of sp³-hybridized carbons (Fsp3) is 0.250. The van der Waals surface area contributed by atoms with Gasteiger partial charge in [-0.3, -0.25) is 0 Å². The molecule has 2 rings (SSSR count). The minimum atomic E-state index is 0.517. The summed E-state index contributed by atoms with van der Waals surface area (Å²) in [6.07, 6.45) is 0. The van der Waals surface area contributed by atoms with Crippen molar-refractivity contribution in [2.45, 2.75) is 18.9 Å². The van der Waals surface area contributed by atoms with Crippen LogP contribution >= 0.6 is 54.5 Å². The summed E-state index contributed by atoms with van der Waals surface area (Å²) in [6.45, 7) is 3.10. The first-order chi connectivity index (χ1) is 10.1. The van der Waals surface area contributed by atoms with Gasteiger partial charge in [-0.25, -0.2) is 0 Å². The fourth-order valence-electron chi connectivity index (χ4n) is 1.84. The Morgan fingerprint density at radius 1 is 1.05 bits per heavy atom. The van der Waals surface area contributed by atoms with Crippen LogP contribution in [0.3, 0.4) is 0 Å². The molecular formula is C16H15Br2IO2. The summed E-state index contributed by atoms with van der Waals surface area (Å²) in [4.78, 5) is 0. The molecule has 2 nitrogen and oxygen atoms in total. The molecule has 0 amide bonds. The maximum absolute atomic E-state index is 5.96. The van der Waals surface area contributed by atoms with E-state index in [0.717, 1.165) is 32.4 Å². The highest BCUT2D eigenvalue weighted by atomic mass is 127. The van der Waals surface area contributed by atoms with Crippen molar-refractivity contribution < 1.29 is 9.47 Å². The van der Waals surface area contributed by atoms with E-state index >= 15 is 0 Å². The SMILES string of the molecule is CCOc1cc(CBr)cc(Br)c1OCc1ccc(I)cc1. The van der Waals surface area contributed by atoms with E-state index in [9.17, 15) is 0 Å². The molecular weight excluding hydrogens is 511 g/mol. The predicted octanol–water partition coefficient (Wildman–Crippen LogP) is 5.93. The highest BCUT2D eigenvalue weighted by molar-refractivity contribution is 14.1. The van der Waals surface area contributed by atoms with Crippen molar-refractivity contribution in [3.05, 3.63) is 55.6 Å². The van der Waals surface area contributed by atoms with Crippen LogP contribution in [0, 0.1) is 3.57 Å². The lowest BCUT2D eigenvalue weighted by Crippen LogP contribution is -2.01. The molecule has 0 aliphatic carbocycles. The Morgan fingerprint density at radius 3 is 2.38 bits per heavy atom. The monoisotopic (exact) mass is 524 g/mol. The summed E-state index contributed by atoms with van der Waals surface area (Å²) in [5, 5.41) is 0.781. The molecule has 0 saturated heterocycles. The highest BCUT2D eigenvalue weighted by Crippen LogP contribution is 2.38. The second-order valence-corrected chi connectivity index (χ2v) is 7.05. The number of alkyl halides is 1. The molecule has 0 bridgehead atoms. The van der Waals surface area contributed by atoms with Gasteiger partial charge in [0.05, 0.1) is 11.1 Å². The average molecular weight is 526 g/mol. The van der Waals surface area contributed by atoms with E-state index in [-0.39, 0.29) is 0 Å². The third-order valence-electron chi connectivity index (χ3n) is 2.82. The Labute approximate surface area is 155 Å². The van der Waals surface area contributed by atoms with Crippen LogP contribution in [0.15, 0.2) is 40.9 Å². The van der Waals surface area contributed by atoms with Gasteiger partial charge >= 0.3 is 0 Å². The van der Waals surface area contributed by atoms with Crippen LogP contribution in [0.2, 0.25) is 0 Å². The van der Waals surface area contributed by atoms with E-state index in [0.29, 0.717) is 13.2 Å². The first-order valence-corrected chi connectivity index (χ1v) is 9.51. The third kappa shape index (κ3) is 4.86. The van der Waals surface area contributed by atoms with E-state index in [1.807, 2.05) is 19.1 Å². The summed E-state index contributed by atoms with van der Waals surface area (Å²) < 4.78 is 13.8. The van der Waals surface area contributed by atoms with E-state index in [4.69, 9.17) is 9.47 Å². The zero-order valence-electron chi connectivity index (χ0n) is 11.5. The van der Waals surface area contributed by atoms with Crippen LogP contribution in [0.5, 0.6) is 11.5 Å². The van der Waals surface area contributed by atoms with Crippen molar-refractivity contribution in [3.63, 3.8) is 0 Å². The first kappa shape index (κ1) is 17.1. The Hall–Kier alpha value is -0.270. The quantitative estimate of drug-likeness (QED) is 0.344. The topological polar surface area (TPSA) is 18.5 Å². The fourth-order valence-corrected chi connectivity index (χ4v) is 3.12. The maximum Gasteiger partial charge on any atom is 0.175 e. The summed E-state index contributed by atoms with van der Waals surface area (Å²) in [7, 11) is 0. The molecule has 0 saturated carbocycles. The smallest absolute Gasteiger partial charge is 0.175 e. The first-order valence-electron chi connectivity index (χ1n) is 6.52. The summed E-state index contributed by atoms with van der Waals surface area (Å²) in [5.74, 6) is 1.52. The normalized spacial score (nSPS) is 10.5. The third-order valence-corrected chi connectivity index (χ3v) is 4.78. The number of halogens is 3. The maximum atomic E-state index is 5.96. The average Bonchev–Trinajstić information content (AvgIpc) is 2.48. The minimum absolute atomic E-state index is 0.517. The zero-order chi connectivity index (χ0) is 15.2. The molecule has 0 fully saturated rings. The summed E-state index contributed by atoms with van der Waals surface area (Å²) in [5.41, 5.74) is 2.28. The molecule has 0 aliphatic heterocycles. The number of ether oxygens (including phenoxy) is 2. The number of rotatable bonds is 6. The lowest BCUT2D eigenvalue weighted by atomic mass is 10.2. The zero-order valence-corrected chi connectivity index (χ0v) is 16.9. The van der Waals surface area contributed by atoms with Gasteiger partial charge in [0.25, 0.3) is 0 Å². The van der Waals surface area contributed by atoms with Gasteiger partial charge in [0.2, 0.25) is 0 Å². The molecule has 2 aromatic carbocycles. The van der Waals surface area contributed by atoms with Crippen molar-refractivity contribution in [2.24, 2.45) is 0 Å². The van der Waals surface area contributed by atoms with Gasteiger partial charge in [-0.05, 0) is 80.8 Å². The molecule has 0 N–H and O–H groups in total. The molecule has 0 aliphatic rings. The van der Waals surface area contributed by atoms with Gasteiger partial charge in [0.1, 0.15) is 6.61 Å². The second-order valence-electron chi connectivity index (χ2n) is 4.39. The van der Waals surface area contributed by atoms with Gasteiger partial charge in [-0.15, -0.1) is 0 Å². The molecule has 0 heterocycles. The molecule has 0 atom stereocenters. The van der Waals surface area contributed by atoms with Gasteiger partial charge in [-0.1, -0.05) is 28.1 Å². The molecule has 0 radical (unpaired) electrons. The van der Waals surface area contributed by atoms with Gasteiger partial charge in [0.15, 0.2) is 11.5 Å². The number of hydrogen-bond donors (Lipinski definition) is 0. The number of benzene rings is 2. The molecule has 112 valence electrons. The van der Waals surface area contributed by atoms with Crippen LogP contribution < -0.4 is 9.47 Å². The Bertz CT molecular complexity index is 600. The molecule has 0 unspecified atom stereocenters. The van der Waals surface area contributed by atoms with Crippen molar-refractivity contribution in [1.82, 2.24) is 0 Å². The van der Waals surface area contributed by atoms with Crippen LogP contribution in [0.25, 0.3) is 0 Å². The highest BCUT2D eigenvalue weighted by Gasteiger charge is 2.12. The molecule has 21 heavy (non-hydrogen) atoms. The lowest BCUT2D eigenvalue weighted by molar-refractivity contribution is 0.267. The van der Waals surface area contributed by atoms with Gasteiger partial charge in [-0.2, -0.15) is 0 Å². The summed E-state index contributed by atoms with van der Waals surface area (Å²) >= 11 is 9.33. The Morgan fingerprint density at radius 2 is 1.76 bits per heavy atom. The van der Waals surface area contributed by atoms with Crippen molar-refractivity contribution >= 4 is 54.5 Å². The predicted molar refractivity (Wildman–Crippen MR) is 101 cm³/mol. The van der Waals surface area contributed by atoms with Gasteiger partial charge < -0.3 is 9.47 Å². The van der Waals surface area contributed by atoms with Crippen molar-refractivity contribution in [3.8, 4) is 11.5 Å². The van der Waals surface area contributed by atoms with Gasteiger partial charge in [0, 0.05) is 8.90 Å². The molecule has 2 aromatic rings. The van der Waals surface area contributed by atoms with Crippen LogP contribution in [0.1, 0.15) is 18.1 Å².